The molecule has 11 nitrogen and oxygen atoms in total. The second-order valence-corrected chi connectivity index (χ2v) is 13.0. The van der Waals surface area contributed by atoms with E-state index in [1.807, 2.05) is 38.4 Å². The third kappa shape index (κ3) is 13.2. The Morgan fingerprint density at radius 1 is 0.804 bits per heavy atom. The van der Waals surface area contributed by atoms with Crippen LogP contribution in [0.25, 0.3) is 12.2 Å². The number of benzene rings is 2. The maximum atomic E-state index is 12.2. The zero-order valence-corrected chi connectivity index (χ0v) is 29.0. The third-order valence-electron chi connectivity index (χ3n) is 7.96. The van der Waals surface area contributed by atoms with Crippen molar-refractivity contribution in [1.29, 1.82) is 0 Å². The smallest absolute Gasteiger partial charge is 0.267 e. The number of nitrogens with zero attached hydrogens (tertiary/aromatic N) is 5. The standard InChI is InChI=1S/C34H52N5O6S/c1-6-39(7-2,8-3)29-32-28-35-38(36-32)20-9-27-46(40,41)45-26-24-43-22-21-42-23-25-44-34-18-14-31(15-19-34)11-10-30-12-16-33(17-13-30)37(4)5/h10-19,28H,6-9,20-27,29H2,1-5H3/q+1/b11-10+. The van der Waals surface area contributed by atoms with Gasteiger partial charge in [0.05, 0.1) is 71.2 Å². The van der Waals surface area contributed by atoms with Crippen LogP contribution < -0.4 is 9.64 Å². The minimum absolute atomic E-state index is 0.0332. The van der Waals surface area contributed by atoms with Crippen LogP contribution >= 0.6 is 0 Å². The van der Waals surface area contributed by atoms with E-state index in [0.29, 0.717) is 39.4 Å². The van der Waals surface area contributed by atoms with Crippen molar-refractivity contribution in [3.63, 3.8) is 0 Å². The number of rotatable bonds is 23. The Balaban J connectivity index is 1.19. The molecule has 254 valence electrons. The van der Waals surface area contributed by atoms with Crippen LogP contribution in [-0.4, -0.2) is 107 Å². The lowest BCUT2D eigenvalue weighted by Gasteiger charge is -2.34. The van der Waals surface area contributed by atoms with Gasteiger partial charge >= 0.3 is 0 Å². The molecule has 0 N–H and O–H groups in total. The molecule has 0 spiro atoms. The Morgan fingerprint density at radius 2 is 1.37 bits per heavy atom. The number of hydrogen-bond acceptors (Lipinski definition) is 9. The molecule has 0 atom stereocenters. The van der Waals surface area contributed by atoms with E-state index < -0.39 is 10.1 Å². The van der Waals surface area contributed by atoms with Crippen molar-refractivity contribution in [3.8, 4) is 5.75 Å². The molecule has 0 aliphatic heterocycles. The fourth-order valence-corrected chi connectivity index (χ4v) is 5.74. The largest absolute Gasteiger partial charge is 0.491 e. The normalized spacial score (nSPS) is 12.2. The van der Waals surface area contributed by atoms with E-state index in [4.69, 9.17) is 18.4 Å². The monoisotopic (exact) mass is 658 g/mol. The van der Waals surface area contributed by atoms with Gasteiger partial charge in [-0.3, -0.25) is 4.18 Å². The van der Waals surface area contributed by atoms with Crippen LogP contribution in [0, 0.1) is 0 Å². The molecule has 0 saturated heterocycles. The number of aryl methyl sites for hydroxylation is 1. The van der Waals surface area contributed by atoms with E-state index in [0.717, 1.165) is 53.2 Å². The molecule has 0 bridgehead atoms. The molecule has 0 unspecified atom stereocenters. The SMILES string of the molecule is CC[N+](CC)(CC)Cc1cnn(CCCS(=O)(=O)OCCOCCOCCOc2ccc(/C=C/c3ccc(N(C)C)cc3)cc2)n1. The molecule has 0 aliphatic carbocycles. The lowest BCUT2D eigenvalue weighted by molar-refractivity contribution is -0.936. The van der Waals surface area contributed by atoms with Crippen molar-refractivity contribution < 1.29 is 31.3 Å². The topological polar surface area (TPSA) is 105 Å². The lowest BCUT2D eigenvalue weighted by atomic mass is 10.1. The summed E-state index contributed by atoms with van der Waals surface area (Å²) in [7, 11) is 0.413. The Labute approximate surface area is 275 Å². The van der Waals surface area contributed by atoms with Crippen LogP contribution in [0.3, 0.4) is 0 Å². The average molecular weight is 659 g/mol. The fraction of sp³-hybridized carbons (Fsp3) is 0.529. The minimum Gasteiger partial charge on any atom is -0.491 e. The number of anilines is 1. The summed E-state index contributed by atoms with van der Waals surface area (Å²) in [6, 6.07) is 16.3. The molecule has 1 heterocycles. The van der Waals surface area contributed by atoms with Gasteiger partial charge in [0.15, 0.2) is 0 Å². The van der Waals surface area contributed by atoms with Crippen LogP contribution in [0.1, 0.15) is 44.0 Å². The molecule has 3 aromatic rings. The first-order valence-electron chi connectivity index (χ1n) is 16.1. The summed E-state index contributed by atoms with van der Waals surface area (Å²) >= 11 is 0. The highest BCUT2D eigenvalue weighted by Crippen LogP contribution is 2.17. The number of aromatic nitrogens is 3. The molecule has 0 amide bonds. The van der Waals surface area contributed by atoms with E-state index >= 15 is 0 Å². The number of quaternary nitrogens is 1. The molecule has 0 saturated carbocycles. The van der Waals surface area contributed by atoms with Crippen molar-refractivity contribution in [2.45, 2.75) is 40.3 Å². The van der Waals surface area contributed by atoms with Crippen molar-refractivity contribution in [3.05, 3.63) is 71.5 Å². The molecular formula is C34H52N5O6S+. The molecule has 0 fully saturated rings. The molecule has 12 heteroatoms. The van der Waals surface area contributed by atoms with Gasteiger partial charge in [-0.15, -0.1) is 0 Å². The summed E-state index contributed by atoms with van der Waals surface area (Å²) in [5.74, 6) is 0.675. The highest BCUT2D eigenvalue weighted by molar-refractivity contribution is 7.86. The van der Waals surface area contributed by atoms with Gasteiger partial charge in [-0.05, 0) is 62.6 Å². The maximum Gasteiger partial charge on any atom is 0.267 e. The summed E-state index contributed by atoms with van der Waals surface area (Å²) in [6.45, 7) is 12.6. The molecule has 3 rings (SSSR count). The predicted octanol–water partition coefficient (Wildman–Crippen LogP) is 4.74. The maximum absolute atomic E-state index is 12.2. The molecule has 0 aliphatic rings. The number of hydrogen-bond donors (Lipinski definition) is 0. The first-order chi connectivity index (χ1) is 22.2. The van der Waals surface area contributed by atoms with Gasteiger partial charge in [-0.25, -0.2) is 0 Å². The summed E-state index contributed by atoms with van der Waals surface area (Å²) < 4.78 is 47.2. The van der Waals surface area contributed by atoms with Crippen molar-refractivity contribution in [2.24, 2.45) is 0 Å². The quantitative estimate of drug-likeness (QED) is 0.0619. The van der Waals surface area contributed by atoms with E-state index in [2.05, 4.69) is 72.3 Å². The van der Waals surface area contributed by atoms with E-state index in [-0.39, 0.29) is 19.0 Å². The Bertz CT molecular complexity index is 1400. The molecule has 1 aromatic heterocycles. The summed E-state index contributed by atoms with van der Waals surface area (Å²) in [6.07, 6.45) is 6.31. The van der Waals surface area contributed by atoms with Crippen molar-refractivity contribution in [2.75, 3.05) is 84.0 Å². The highest BCUT2D eigenvalue weighted by atomic mass is 32.2. The second-order valence-electron chi connectivity index (χ2n) is 11.3. The van der Waals surface area contributed by atoms with Gasteiger partial charge in [0.1, 0.15) is 24.6 Å². The average Bonchev–Trinajstić information content (AvgIpc) is 3.50. The van der Waals surface area contributed by atoms with Crippen LogP contribution in [0.5, 0.6) is 5.75 Å². The Kier molecular flexibility index (Phi) is 15.7. The van der Waals surface area contributed by atoms with E-state index in [1.54, 1.807) is 11.0 Å². The Morgan fingerprint density at radius 3 is 1.96 bits per heavy atom. The zero-order chi connectivity index (χ0) is 33.3. The van der Waals surface area contributed by atoms with Crippen LogP contribution in [0.4, 0.5) is 5.69 Å². The molecule has 0 radical (unpaired) electrons. The van der Waals surface area contributed by atoms with Crippen molar-refractivity contribution >= 4 is 28.0 Å². The van der Waals surface area contributed by atoms with Gasteiger partial charge in [0.25, 0.3) is 10.1 Å². The fourth-order valence-electron chi connectivity index (χ4n) is 4.82. The van der Waals surface area contributed by atoms with Gasteiger partial charge in [0, 0.05) is 19.8 Å². The number of ether oxygens (including phenoxy) is 3. The molecule has 46 heavy (non-hydrogen) atoms. The Hall–Kier alpha value is -3.29. The first kappa shape index (κ1) is 37.2. The van der Waals surface area contributed by atoms with Gasteiger partial charge in [0.2, 0.25) is 0 Å². The van der Waals surface area contributed by atoms with E-state index in [1.165, 1.54) is 5.69 Å². The third-order valence-corrected chi connectivity index (χ3v) is 9.28. The highest BCUT2D eigenvalue weighted by Gasteiger charge is 2.23. The molecular weight excluding hydrogens is 606 g/mol. The second kappa shape index (κ2) is 19.4. The van der Waals surface area contributed by atoms with Crippen LogP contribution in [0.15, 0.2) is 54.7 Å². The van der Waals surface area contributed by atoms with Gasteiger partial charge in [-0.2, -0.15) is 23.4 Å². The van der Waals surface area contributed by atoms with Gasteiger partial charge < -0.3 is 23.6 Å². The predicted molar refractivity (Wildman–Crippen MR) is 183 cm³/mol. The first-order valence-corrected chi connectivity index (χ1v) is 17.7. The minimum atomic E-state index is -3.64. The van der Waals surface area contributed by atoms with Crippen LogP contribution in [-0.2, 0) is 36.9 Å². The van der Waals surface area contributed by atoms with Crippen LogP contribution in [0.2, 0.25) is 0 Å². The molecule has 2 aromatic carbocycles. The lowest BCUT2D eigenvalue weighted by Crippen LogP contribution is -2.46. The van der Waals surface area contributed by atoms with Gasteiger partial charge in [-0.1, -0.05) is 36.4 Å². The zero-order valence-electron chi connectivity index (χ0n) is 28.1. The summed E-state index contributed by atoms with van der Waals surface area (Å²) in [5.41, 5.74) is 4.33. The summed E-state index contributed by atoms with van der Waals surface area (Å²) in [4.78, 5) is 3.64. The summed E-state index contributed by atoms with van der Waals surface area (Å²) in [5, 5.41) is 8.83. The van der Waals surface area contributed by atoms with Crippen molar-refractivity contribution in [1.82, 2.24) is 15.0 Å². The van der Waals surface area contributed by atoms with E-state index in [9.17, 15) is 8.42 Å².